The monoisotopic (exact) mass is 615 g/mol. The number of allylic oxidation sites excluding steroid dienone is 1. The van der Waals surface area contributed by atoms with E-state index in [1.165, 1.54) is 18.3 Å². The summed E-state index contributed by atoms with van der Waals surface area (Å²) in [5.74, 6) is 0.340. The van der Waals surface area contributed by atoms with Crippen LogP contribution >= 0.6 is 0 Å². The number of rotatable bonds is 8. The van der Waals surface area contributed by atoms with E-state index in [4.69, 9.17) is 15.5 Å². The molecule has 2 aromatic carbocycles. The summed E-state index contributed by atoms with van der Waals surface area (Å²) in [5, 5.41) is 11.6. The van der Waals surface area contributed by atoms with E-state index in [1.54, 1.807) is 50.7 Å². The fraction of sp³-hybridized carbons (Fsp3) is 0.361. The lowest BCUT2D eigenvalue weighted by molar-refractivity contribution is 0.0194. The number of nitrogens with zero attached hydrogens (tertiary/aromatic N) is 4. The van der Waals surface area contributed by atoms with Crippen molar-refractivity contribution in [2.45, 2.75) is 53.2 Å². The van der Waals surface area contributed by atoms with Gasteiger partial charge < -0.3 is 25.0 Å². The maximum Gasteiger partial charge on any atom is 0.253 e. The average Bonchev–Trinajstić information content (AvgIpc) is 3.02. The average molecular weight is 616 g/mol. The number of morpholine rings is 1. The van der Waals surface area contributed by atoms with Gasteiger partial charge >= 0.3 is 0 Å². The van der Waals surface area contributed by atoms with Crippen molar-refractivity contribution in [3.8, 4) is 11.1 Å². The van der Waals surface area contributed by atoms with E-state index >= 15 is 0 Å². The Labute approximate surface area is 265 Å². The Balaban J connectivity index is 0.00000271. The highest BCUT2D eigenvalue weighted by Crippen LogP contribution is 2.29. The molecular formula is C36H46FN5O3. The van der Waals surface area contributed by atoms with E-state index in [-0.39, 0.29) is 24.0 Å². The van der Waals surface area contributed by atoms with Crippen LogP contribution in [0.2, 0.25) is 0 Å². The van der Waals surface area contributed by atoms with Crippen molar-refractivity contribution in [2.24, 2.45) is 22.8 Å². The second-order valence-electron chi connectivity index (χ2n) is 11.5. The highest BCUT2D eigenvalue weighted by molar-refractivity contribution is 6.15. The number of aliphatic imine (C=N–C) groups is 2. The molecule has 0 aliphatic carbocycles. The number of nitrogens with two attached hydrogens (primary N) is 1. The number of aromatic nitrogens is 1. The molecular weight excluding hydrogens is 569 g/mol. The molecule has 0 radical (unpaired) electrons. The van der Waals surface area contributed by atoms with Crippen molar-refractivity contribution in [1.82, 2.24) is 9.47 Å². The first-order valence-corrected chi connectivity index (χ1v) is 15.2. The Morgan fingerprint density at radius 2 is 1.87 bits per heavy atom. The number of hydrogen-bond donors (Lipinski definition) is 2. The summed E-state index contributed by atoms with van der Waals surface area (Å²) in [6.07, 6.45) is 4.87. The van der Waals surface area contributed by atoms with Crippen molar-refractivity contribution in [1.29, 1.82) is 0 Å². The van der Waals surface area contributed by atoms with Crippen molar-refractivity contribution < 1.29 is 14.2 Å². The highest BCUT2D eigenvalue weighted by Gasteiger charge is 2.27. The van der Waals surface area contributed by atoms with Gasteiger partial charge in [-0.2, -0.15) is 0 Å². The molecule has 2 heterocycles. The quantitative estimate of drug-likeness (QED) is 0.370. The molecule has 1 unspecified atom stereocenters. The van der Waals surface area contributed by atoms with Crippen LogP contribution in [0.25, 0.3) is 23.5 Å². The standard InChI is InChI=1S/C34H40FN5O3.C2H6/c1-22-7-8-26(27-15-23(2)33(41)39(6)19-27)16-30(22)32(38-24(3)28(17-36)18-37-21-34(4,5)42)40-13-14-43-20-31(40)25-9-11-29(35)12-10-25;1-2/h7-12,15-19,31,42H,1,13-14,20-21,36H2,2-6H3;1-2H3/b28-17+,32-30+,37-18?,38-24+;. The molecule has 45 heavy (non-hydrogen) atoms. The predicted molar refractivity (Wildman–Crippen MR) is 183 cm³/mol. The summed E-state index contributed by atoms with van der Waals surface area (Å²) in [6, 6.07) is 14.0. The van der Waals surface area contributed by atoms with Crippen molar-refractivity contribution >= 4 is 24.3 Å². The summed E-state index contributed by atoms with van der Waals surface area (Å²) in [6.45, 7) is 17.0. The van der Waals surface area contributed by atoms with Gasteiger partial charge in [0.15, 0.2) is 0 Å². The third-order valence-electron chi connectivity index (χ3n) is 7.28. The maximum absolute atomic E-state index is 13.8. The van der Waals surface area contributed by atoms with Gasteiger partial charge in [0.05, 0.1) is 31.4 Å². The number of pyridine rings is 1. The Morgan fingerprint density at radius 3 is 2.49 bits per heavy atom. The minimum atomic E-state index is -0.961. The van der Waals surface area contributed by atoms with Gasteiger partial charge in [0.1, 0.15) is 11.6 Å². The molecule has 0 spiro atoms. The van der Waals surface area contributed by atoms with Gasteiger partial charge in [0, 0.05) is 54.3 Å². The van der Waals surface area contributed by atoms with Crippen LogP contribution in [-0.2, 0) is 11.8 Å². The number of hydrogen-bond acceptors (Lipinski definition) is 7. The van der Waals surface area contributed by atoms with E-state index in [9.17, 15) is 14.3 Å². The molecule has 0 amide bonds. The molecule has 1 aromatic heterocycles. The largest absolute Gasteiger partial charge is 0.404 e. The lowest BCUT2D eigenvalue weighted by Crippen LogP contribution is -2.42. The second-order valence-corrected chi connectivity index (χ2v) is 11.5. The minimum Gasteiger partial charge on any atom is -0.404 e. The van der Waals surface area contributed by atoms with Crippen LogP contribution in [0.1, 0.15) is 51.8 Å². The van der Waals surface area contributed by atoms with Crippen molar-refractivity contribution in [3.63, 3.8) is 0 Å². The fourth-order valence-corrected chi connectivity index (χ4v) is 4.95. The number of aliphatic hydroxyl groups is 1. The van der Waals surface area contributed by atoms with Crippen LogP contribution in [0.4, 0.5) is 4.39 Å². The molecule has 1 aliphatic rings. The third-order valence-corrected chi connectivity index (χ3v) is 7.28. The van der Waals surface area contributed by atoms with Crippen LogP contribution in [0.3, 0.4) is 0 Å². The van der Waals surface area contributed by atoms with Gasteiger partial charge in [-0.1, -0.05) is 44.7 Å². The molecule has 0 saturated carbocycles. The second kappa shape index (κ2) is 15.6. The SMILES string of the molecule is C=c1ccc(-c2cc(C)c(=O)n(C)c2)c/c1=C(/N=C(C)/C(C=NCC(C)(C)O)=C/N)N1CCOCC1c1ccc(F)cc1.CC. The van der Waals surface area contributed by atoms with E-state index in [1.807, 2.05) is 51.2 Å². The van der Waals surface area contributed by atoms with E-state index < -0.39 is 5.60 Å². The molecule has 1 aliphatic heterocycles. The molecule has 4 rings (SSSR count). The van der Waals surface area contributed by atoms with E-state index in [0.29, 0.717) is 42.4 Å². The third kappa shape index (κ3) is 9.09. The highest BCUT2D eigenvalue weighted by atomic mass is 19.1. The Bertz CT molecular complexity index is 1710. The zero-order valence-electron chi connectivity index (χ0n) is 27.5. The first-order chi connectivity index (χ1) is 21.4. The summed E-state index contributed by atoms with van der Waals surface area (Å²) in [5.41, 5.74) is 9.54. The van der Waals surface area contributed by atoms with Gasteiger partial charge in [0.25, 0.3) is 5.56 Å². The lowest BCUT2D eigenvalue weighted by atomic mass is 10.0. The summed E-state index contributed by atoms with van der Waals surface area (Å²) < 4.78 is 21.3. The van der Waals surface area contributed by atoms with Crippen LogP contribution in [0.15, 0.2) is 81.3 Å². The summed E-state index contributed by atoms with van der Waals surface area (Å²) >= 11 is 0. The minimum absolute atomic E-state index is 0.0481. The predicted octanol–water partition coefficient (Wildman–Crippen LogP) is 4.22. The summed E-state index contributed by atoms with van der Waals surface area (Å²) in [7, 11) is 1.74. The van der Waals surface area contributed by atoms with Gasteiger partial charge in [-0.25, -0.2) is 9.38 Å². The molecule has 1 fully saturated rings. The zero-order chi connectivity index (χ0) is 33.3. The van der Waals surface area contributed by atoms with Crippen LogP contribution in [0.5, 0.6) is 0 Å². The van der Waals surface area contributed by atoms with E-state index in [2.05, 4.69) is 16.5 Å². The fourth-order valence-electron chi connectivity index (χ4n) is 4.95. The van der Waals surface area contributed by atoms with Crippen LogP contribution in [-0.4, -0.2) is 58.4 Å². The maximum atomic E-state index is 13.8. The van der Waals surface area contributed by atoms with Gasteiger partial charge in [-0.15, -0.1) is 0 Å². The summed E-state index contributed by atoms with van der Waals surface area (Å²) in [4.78, 5) is 24.0. The normalized spacial score (nSPS) is 16.8. The van der Waals surface area contributed by atoms with Gasteiger partial charge in [-0.05, 0) is 73.9 Å². The molecule has 3 aromatic rings. The zero-order valence-corrected chi connectivity index (χ0v) is 27.5. The van der Waals surface area contributed by atoms with Crippen molar-refractivity contribution in [3.05, 3.63) is 104 Å². The Kier molecular flexibility index (Phi) is 12.2. The lowest BCUT2D eigenvalue weighted by Gasteiger charge is -2.38. The number of halogens is 1. The molecule has 9 heteroatoms. The molecule has 240 valence electrons. The number of ether oxygens (including phenoxy) is 1. The van der Waals surface area contributed by atoms with Crippen LogP contribution < -0.4 is 21.7 Å². The number of benzene rings is 2. The van der Waals surface area contributed by atoms with Crippen molar-refractivity contribution in [2.75, 3.05) is 26.3 Å². The van der Waals surface area contributed by atoms with E-state index in [0.717, 1.165) is 27.1 Å². The first-order valence-electron chi connectivity index (χ1n) is 15.2. The van der Waals surface area contributed by atoms with Gasteiger partial charge in [0.2, 0.25) is 0 Å². The number of aryl methyl sites for hydroxylation is 2. The first kappa shape index (κ1) is 35.1. The Hall–Kier alpha value is -4.34. The smallest absolute Gasteiger partial charge is 0.253 e. The Morgan fingerprint density at radius 1 is 1.18 bits per heavy atom. The molecule has 1 saturated heterocycles. The molecule has 0 bridgehead atoms. The molecule has 1 atom stereocenters. The topological polar surface area (TPSA) is 105 Å². The molecule has 3 N–H and O–H groups in total. The molecule has 8 nitrogen and oxygen atoms in total. The van der Waals surface area contributed by atoms with Crippen LogP contribution in [0, 0.1) is 12.7 Å². The van der Waals surface area contributed by atoms with Gasteiger partial charge in [-0.3, -0.25) is 9.79 Å².